The van der Waals surface area contributed by atoms with Crippen LogP contribution in [0.15, 0.2) is 39.9 Å². The molecule has 3 aromatic rings. The van der Waals surface area contributed by atoms with Crippen LogP contribution in [-0.4, -0.2) is 38.7 Å². The largest absolute Gasteiger partial charge is 0.481 e. The number of pyridine rings is 1. The molecule has 33 heavy (non-hydrogen) atoms. The fraction of sp³-hybridized carbons (Fsp3) is 0.286. The van der Waals surface area contributed by atoms with Crippen LogP contribution in [0.5, 0.6) is 11.8 Å². The number of halogens is 1. The minimum atomic E-state index is -3.63. The van der Waals surface area contributed by atoms with Gasteiger partial charge in [-0.1, -0.05) is 0 Å². The number of fused-ring (bicyclic) bond motifs is 2. The van der Waals surface area contributed by atoms with E-state index >= 15 is 0 Å². The number of aromatic nitrogens is 3. The third-order valence-electron chi connectivity index (χ3n) is 5.65. The lowest BCUT2D eigenvalue weighted by Gasteiger charge is -2.26. The summed E-state index contributed by atoms with van der Waals surface area (Å²) < 4.78 is 43.7. The van der Waals surface area contributed by atoms with Crippen LogP contribution in [-0.2, 0) is 29.3 Å². The number of carbonyl (C=O) groups excluding carboxylic acids is 1. The lowest BCUT2D eigenvalue weighted by Crippen LogP contribution is -2.22. The molecule has 1 atom stereocenters. The summed E-state index contributed by atoms with van der Waals surface area (Å²) in [6.45, 7) is 1.03. The van der Waals surface area contributed by atoms with Gasteiger partial charge >= 0.3 is 6.03 Å². The molecule has 172 valence electrons. The van der Waals surface area contributed by atoms with E-state index in [0.717, 1.165) is 6.42 Å². The summed E-state index contributed by atoms with van der Waals surface area (Å²) >= 11 is 0. The normalized spacial score (nSPS) is 15.8. The maximum Gasteiger partial charge on any atom is 0.354 e. The van der Waals surface area contributed by atoms with Gasteiger partial charge in [0, 0.05) is 30.8 Å². The Morgan fingerprint density at radius 3 is 2.94 bits per heavy atom. The van der Waals surface area contributed by atoms with Gasteiger partial charge in [0.2, 0.25) is 11.8 Å². The van der Waals surface area contributed by atoms with Crippen LogP contribution < -0.4 is 19.9 Å². The van der Waals surface area contributed by atoms with Crippen molar-refractivity contribution < 1.29 is 22.9 Å². The van der Waals surface area contributed by atoms with E-state index in [4.69, 9.17) is 14.6 Å². The van der Waals surface area contributed by atoms with Gasteiger partial charge in [0.15, 0.2) is 9.92 Å². The highest BCUT2D eigenvalue weighted by molar-refractivity contribution is 7.91. The summed E-state index contributed by atoms with van der Waals surface area (Å²) in [6, 6.07) is 3.75. The molecular weight excluding hydrogens is 451 g/mol. The maximum atomic E-state index is 14.6. The molecule has 1 aromatic carbocycles. The molecule has 0 unspecified atom stereocenters. The number of methoxy groups -OCH3 is 1. The zero-order chi connectivity index (χ0) is 23.2. The molecule has 10 nitrogen and oxygen atoms in total. The minimum Gasteiger partial charge on any atom is -0.481 e. The van der Waals surface area contributed by atoms with Gasteiger partial charge in [-0.3, -0.25) is 0 Å². The molecule has 2 amide bonds. The maximum absolute atomic E-state index is 14.6. The number of ether oxygens (including phenoxy) is 2. The molecule has 0 saturated heterocycles. The first-order chi connectivity index (χ1) is 15.9. The number of hydrogen-bond donors (Lipinski definition) is 2. The van der Waals surface area contributed by atoms with Gasteiger partial charge in [0.25, 0.3) is 0 Å². The summed E-state index contributed by atoms with van der Waals surface area (Å²) in [6.07, 6.45) is 4.74. The van der Waals surface area contributed by atoms with Gasteiger partial charge in [-0.15, -0.1) is 4.36 Å². The Bertz CT molecular complexity index is 1400. The molecule has 0 radical (unpaired) electrons. The number of hydrogen-bond acceptors (Lipinski definition) is 6. The van der Waals surface area contributed by atoms with Gasteiger partial charge in [-0.25, -0.2) is 28.2 Å². The average Bonchev–Trinajstić information content (AvgIpc) is 3.20. The number of rotatable bonds is 4. The molecule has 1 aliphatic heterocycles. The summed E-state index contributed by atoms with van der Waals surface area (Å²) in [7, 11) is -2.15. The molecule has 0 saturated carbocycles. The zero-order valence-corrected chi connectivity index (χ0v) is 18.5. The van der Waals surface area contributed by atoms with E-state index in [2.05, 4.69) is 19.8 Å². The fourth-order valence-electron chi connectivity index (χ4n) is 3.97. The lowest BCUT2D eigenvalue weighted by molar-refractivity contribution is 0.224. The van der Waals surface area contributed by atoms with Crippen molar-refractivity contribution in [2.75, 3.05) is 19.0 Å². The highest BCUT2D eigenvalue weighted by atomic mass is 32.2. The Labute approximate surface area is 189 Å². The number of amides is 2. The molecule has 0 fully saturated rings. The third kappa shape index (κ3) is 3.80. The molecule has 12 heteroatoms. The van der Waals surface area contributed by atoms with Crippen molar-refractivity contribution in [3.63, 3.8) is 0 Å². The second kappa shape index (κ2) is 8.12. The van der Waals surface area contributed by atoms with Gasteiger partial charge in [0.05, 0.1) is 25.6 Å². The standard InChI is InChI=1S/C21H21FN6O4S/c1-31-18-9-12(5-6-24-18)15-10-16(22)13-3-4-14(13)19(15)26-21(29)27-33(23,30)17-11-25-28-7-2-8-32-20(17)28/h5-6,9-11H,2-4,7-8H2,1H3,(H3,23,26,27,29,30)/t33-/m1/s1. The number of nitrogens with one attached hydrogen (secondary N) is 1. The Hall–Kier alpha value is -3.51. The predicted molar refractivity (Wildman–Crippen MR) is 118 cm³/mol. The molecule has 0 spiro atoms. The first kappa shape index (κ1) is 21.3. The van der Waals surface area contributed by atoms with Crippen LogP contribution in [0.3, 0.4) is 0 Å². The predicted octanol–water partition coefficient (Wildman–Crippen LogP) is 2.91. The number of nitrogens with two attached hydrogens (primary N) is 1. The van der Waals surface area contributed by atoms with Crippen LogP contribution in [0.2, 0.25) is 0 Å². The first-order valence-corrected chi connectivity index (χ1v) is 11.8. The van der Waals surface area contributed by atoms with Crippen molar-refractivity contribution in [3.8, 4) is 22.9 Å². The Balaban J connectivity index is 1.53. The van der Waals surface area contributed by atoms with E-state index in [0.29, 0.717) is 59.8 Å². The van der Waals surface area contributed by atoms with E-state index in [1.165, 1.54) is 30.3 Å². The fourth-order valence-corrected chi connectivity index (χ4v) is 4.97. The Morgan fingerprint density at radius 1 is 1.36 bits per heavy atom. The van der Waals surface area contributed by atoms with Gasteiger partial charge < -0.3 is 14.8 Å². The molecule has 1 aliphatic carbocycles. The highest BCUT2D eigenvalue weighted by Gasteiger charge is 2.28. The smallest absolute Gasteiger partial charge is 0.354 e. The second-order valence-corrected chi connectivity index (χ2v) is 9.41. The quantitative estimate of drug-likeness (QED) is 0.600. The molecule has 2 aromatic heterocycles. The minimum absolute atomic E-state index is 0.0588. The van der Waals surface area contributed by atoms with E-state index in [1.54, 1.807) is 12.1 Å². The number of benzene rings is 1. The second-order valence-electron chi connectivity index (χ2n) is 7.65. The topological polar surface area (TPSA) is 134 Å². The molecule has 5 rings (SSSR count). The number of nitrogens with zero attached hydrogens (tertiary/aromatic N) is 4. The van der Waals surface area contributed by atoms with Crippen molar-refractivity contribution in [2.45, 2.75) is 30.7 Å². The number of aryl methyl sites for hydroxylation is 1. The zero-order valence-electron chi connectivity index (χ0n) is 17.7. The van der Waals surface area contributed by atoms with Crippen LogP contribution in [0.25, 0.3) is 11.1 Å². The lowest BCUT2D eigenvalue weighted by atomic mass is 9.83. The van der Waals surface area contributed by atoms with Crippen LogP contribution in [0, 0.1) is 5.82 Å². The van der Waals surface area contributed by atoms with Gasteiger partial charge in [-0.2, -0.15) is 5.10 Å². The van der Waals surface area contributed by atoms with E-state index in [9.17, 15) is 13.4 Å². The molecule has 3 heterocycles. The highest BCUT2D eigenvalue weighted by Crippen LogP contribution is 2.41. The Morgan fingerprint density at radius 2 is 2.18 bits per heavy atom. The van der Waals surface area contributed by atoms with Crippen molar-refractivity contribution in [1.82, 2.24) is 14.8 Å². The average molecular weight is 473 g/mol. The van der Waals surface area contributed by atoms with Crippen molar-refractivity contribution >= 4 is 21.6 Å². The first-order valence-electron chi connectivity index (χ1n) is 10.3. The number of urea groups is 1. The SMILES string of the molecule is COc1cc(-c2cc(F)c3c(c2NC(=O)N=[S@@](N)(=O)c2cnn4c2OCCC4)CC3)ccn1. The van der Waals surface area contributed by atoms with Crippen molar-refractivity contribution in [1.29, 1.82) is 0 Å². The van der Waals surface area contributed by atoms with Gasteiger partial charge in [0.1, 0.15) is 10.7 Å². The van der Waals surface area contributed by atoms with E-state index in [1.807, 2.05) is 0 Å². The number of carbonyl (C=O) groups is 1. The molecule has 0 bridgehead atoms. The summed E-state index contributed by atoms with van der Waals surface area (Å²) in [5.41, 5.74) is 2.62. The van der Waals surface area contributed by atoms with Gasteiger partial charge in [-0.05, 0) is 41.7 Å². The van der Waals surface area contributed by atoms with Crippen LogP contribution in [0.1, 0.15) is 17.5 Å². The molecule has 2 aliphatic rings. The molecule has 3 N–H and O–H groups in total. The summed E-state index contributed by atoms with van der Waals surface area (Å²) in [4.78, 5) is 17.0. The van der Waals surface area contributed by atoms with E-state index in [-0.39, 0.29) is 16.6 Å². The van der Waals surface area contributed by atoms with Crippen molar-refractivity contribution in [3.05, 3.63) is 47.5 Å². The monoisotopic (exact) mass is 472 g/mol. The summed E-state index contributed by atoms with van der Waals surface area (Å²) in [5.74, 6) is 0.234. The van der Waals surface area contributed by atoms with Crippen LogP contribution in [0.4, 0.5) is 14.9 Å². The Kier molecular flexibility index (Phi) is 5.25. The summed E-state index contributed by atoms with van der Waals surface area (Å²) in [5, 5.41) is 12.7. The van der Waals surface area contributed by atoms with E-state index < -0.39 is 15.9 Å². The third-order valence-corrected chi connectivity index (χ3v) is 7.00. The van der Waals surface area contributed by atoms with Crippen molar-refractivity contribution in [2.24, 2.45) is 9.50 Å². The van der Waals surface area contributed by atoms with Crippen LogP contribution >= 0.6 is 0 Å². The number of anilines is 1. The molecular formula is C21H21FN6O4S.